The van der Waals surface area contributed by atoms with E-state index in [1.807, 2.05) is 26.0 Å². The van der Waals surface area contributed by atoms with E-state index in [1.165, 1.54) is 11.3 Å². The molecule has 0 saturated heterocycles. The van der Waals surface area contributed by atoms with Crippen LogP contribution in [-0.2, 0) is 6.42 Å². The highest BCUT2D eigenvalue weighted by atomic mass is 16.5. The number of nitrogens with zero attached hydrogens (tertiary/aromatic N) is 1. The molecule has 0 aliphatic rings. The number of nitrogens with one attached hydrogen (secondary N) is 1. The highest BCUT2D eigenvalue weighted by Gasteiger charge is 2.12. The topological polar surface area (TPSA) is 34.2 Å². The van der Waals surface area contributed by atoms with Crippen LogP contribution < -0.4 is 10.1 Å². The average Bonchev–Trinajstić information content (AvgIpc) is 2.39. The van der Waals surface area contributed by atoms with Crippen molar-refractivity contribution in [3.05, 3.63) is 29.5 Å². The molecule has 2 aromatic rings. The van der Waals surface area contributed by atoms with Gasteiger partial charge in [-0.1, -0.05) is 6.92 Å². The fraction of sp³-hybridized carbons (Fsp3) is 0.471. The number of aromatic nitrogens is 1. The number of hydrogen-bond donors (Lipinski definition) is 1. The van der Waals surface area contributed by atoms with Gasteiger partial charge in [0, 0.05) is 23.3 Å². The lowest BCUT2D eigenvalue weighted by atomic mass is 10.0. The summed E-state index contributed by atoms with van der Waals surface area (Å²) in [5, 5.41) is 4.64. The van der Waals surface area contributed by atoms with Gasteiger partial charge in [-0.05, 0) is 57.9 Å². The molecular formula is C17H24N2O. The quantitative estimate of drug-likeness (QED) is 0.880. The van der Waals surface area contributed by atoms with Gasteiger partial charge in [-0.15, -0.1) is 0 Å². The van der Waals surface area contributed by atoms with Gasteiger partial charge in [0.05, 0.1) is 11.6 Å². The van der Waals surface area contributed by atoms with E-state index in [-0.39, 0.29) is 6.10 Å². The van der Waals surface area contributed by atoms with Gasteiger partial charge in [-0.3, -0.25) is 4.98 Å². The Kier molecular flexibility index (Phi) is 4.48. The van der Waals surface area contributed by atoms with Crippen molar-refractivity contribution in [2.24, 2.45) is 0 Å². The highest BCUT2D eigenvalue weighted by Crippen LogP contribution is 2.31. The molecule has 3 nitrogen and oxygen atoms in total. The number of hydrogen-bond acceptors (Lipinski definition) is 3. The van der Waals surface area contributed by atoms with E-state index >= 15 is 0 Å². The van der Waals surface area contributed by atoms with Gasteiger partial charge in [0.2, 0.25) is 0 Å². The lowest BCUT2D eigenvalue weighted by Gasteiger charge is -2.17. The molecule has 108 valence electrons. The van der Waals surface area contributed by atoms with Crippen molar-refractivity contribution in [2.45, 2.75) is 47.1 Å². The highest BCUT2D eigenvalue weighted by molar-refractivity contribution is 5.94. The summed E-state index contributed by atoms with van der Waals surface area (Å²) in [7, 11) is 0. The second-order valence-electron chi connectivity index (χ2n) is 5.28. The smallest absolute Gasteiger partial charge is 0.120 e. The van der Waals surface area contributed by atoms with Crippen molar-refractivity contribution in [1.29, 1.82) is 0 Å². The molecule has 1 heterocycles. The SMILES string of the molecule is CCNc1c(CC)c(C)nc2ccc(OC(C)C)cc12. The molecular weight excluding hydrogens is 248 g/mol. The average molecular weight is 272 g/mol. The Hall–Kier alpha value is -1.77. The minimum Gasteiger partial charge on any atom is -0.491 e. The summed E-state index contributed by atoms with van der Waals surface area (Å²) >= 11 is 0. The van der Waals surface area contributed by atoms with Crippen molar-refractivity contribution in [1.82, 2.24) is 4.98 Å². The Labute approximate surface area is 121 Å². The van der Waals surface area contributed by atoms with Gasteiger partial charge in [-0.2, -0.15) is 0 Å². The molecule has 0 spiro atoms. The third kappa shape index (κ3) is 2.87. The van der Waals surface area contributed by atoms with Gasteiger partial charge in [0.15, 0.2) is 0 Å². The predicted octanol–water partition coefficient (Wildman–Crippen LogP) is 4.32. The molecule has 0 aliphatic heterocycles. The normalized spacial score (nSPS) is 11.1. The zero-order valence-electron chi connectivity index (χ0n) is 13.1. The first-order chi connectivity index (χ1) is 9.56. The summed E-state index contributed by atoms with van der Waals surface area (Å²) < 4.78 is 5.80. The first-order valence-electron chi connectivity index (χ1n) is 7.40. The van der Waals surface area contributed by atoms with E-state index in [9.17, 15) is 0 Å². The molecule has 1 aromatic heterocycles. The summed E-state index contributed by atoms with van der Waals surface area (Å²) in [4.78, 5) is 4.71. The number of fused-ring (bicyclic) bond motifs is 1. The Morgan fingerprint density at radius 3 is 2.60 bits per heavy atom. The first-order valence-corrected chi connectivity index (χ1v) is 7.40. The molecule has 2 rings (SSSR count). The summed E-state index contributed by atoms with van der Waals surface area (Å²) in [5.41, 5.74) is 4.62. The largest absolute Gasteiger partial charge is 0.491 e. The number of ether oxygens (including phenoxy) is 1. The second-order valence-corrected chi connectivity index (χ2v) is 5.28. The van der Waals surface area contributed by atoms with Crippen molar-refractivity contribution in [3.8, 4) is 5.75 Å². The zero-order chi connectivity index (χ0) is 14.7. The van der Waals surface area contributed by atoms with Crippen LogP contribution in [0.2, 0.25) is 0 Å². The Morgan fingerprint density at radius 2 is 2.00 bits per heavy atom. The fourth-order valence-electron chi connectivity index (χ4n) is 2.56. The molecule has 1 N–H and O–H groups in total. The number of anilines is 1. The molecule has 0 unspecified atom stereocenters. The number of aryl methyl sites for hydroxylation is 1. The van der Waals surface area contributed by atoms with E-state index in [0.29, 0.717) is 0 Å². The maximum absolute atomic E-state index is 5.80. The van der Waals surface area contributed by atoms with Crippen LogP contribution in [0.4, 0.5) is 5.69 Å². The lowest BCUT2D eigenvalue weighted by molar-refractivity contribution is 0.243. The van der Waals surface area contributed by atoms with Crippen LogP contribution >= 0.6 is 0 Å². The molecule has 0 aliphatic carbocycles. The molecule has 0 saturated carbocycles. The molecule has 1 aromatic carbocycles. The second kappa shape index (κ2) is 6.12. The molecule has 20 heavy (non-hydrogen) atoms. The molecule has 0 fully saturated rings. The monoisotopic (exact) mass is 272 g/mol. The maximum atomic E-state index is 5.80. The van der Waals surface area contributed by atoms with Crippen LogP contribution in [0.5, 0.6) is 5.75 Å². The Bertz CT molecular complexity index is 605. The fourth-order valence-corrected chi connectivity index (χ4v) is 2.56. The van der Waals surface area contributed by atoms with E-state index < -0.39 is 0 Å². The summed E-state index contributed by atoms with van der Waals surface area (Å²) in [6.45, 7) is 11.4. The molecule has 3 heteroatoms. The Balaban J connectivity index is 2.64. The number of pyridine rings is 1. The summed E-state index contributed by atoms with van der Waals surface area (Å²) in [6, 6.07) is 6.13. The van der Waals surface area contributed by atoms with Crippen LogP contribution in [0.1, 0.15) is 39.0 Å². The number of benzene rings is 1. The van der Waals surface area contributed by atoms with Crippen molar-refractivity contribution < 1.29 is 4.74 Å². The summed E-state index contributed by atoms with van der Waals surface area (Å²) in [5.74, 6) is 0.902. The minimum atomic E-state index is 0.180. The minimum absolute atomic E-state index is 0.180. The molecule has 0 radical (unpaired) electrons. The van der Waals surface area contributed by atoms with E-state index in [1.54, 1.807) is 0 Å². The zero-order valence-corrected chi connectivity index (χ0v) is 13.1. The van der Waals surface area contributed by atoms with Gasteiger partial charge >= 0.3 is 0 Å². The van der Waals surface area contributed by atoms with Crippen molar-refractivity contribution in [2.75, 3.05) is 11.9 Å². The maximum Gasteiger partial charge on any atom is 0.120 e. The van der Waals surface area contributed by atoms with E-state index in [4.69, 9.17) is 9.72 Å². The lowest BCUT2D eigenvalue weighted by Crippen LogP contribution is -2.07. The van der Waals surface area contributed by atoms with Crippen LogP contribution in [0.15, 0.2) is 18.2 Å². The van der Waals surface area contributed by atoms with Gasteiger partial charge in [-0.25, -0.2) is 0 Å². The standard InChI is InChI=1S/C17H24N2O/c1-6-14-12(5)19-16-9-8-13(20-11(3)4)10-15(16)17(14)18-7-2/h8-11H,6-7H2,1-5H3,(H,18,19). The van der Waals surface area contributed by atoms with Gasteiger partial charge in [0.1, 0.15) is 5.75 Å². The molecule has 0 atom stereocenters. The number of rotatable bonds is 5. The van der Waals surface area contributed by atoms with Crippen LogP contribution in [0.25, 0.3) is 10.9 Å². The van der Waals surface area contributed by atoms with Crippen LogP contribution in [0, 0.1) is 6.92 Å². The van der Waals surface area contributed by atoms with Crippen molar-refractivity contribution >= 4 is 16.6 Å². The third-order valence-electron chi connectivity index (χ3n) is 3.34. The predicted molar refractivity (Wildman–Crippen MR) is 85.8 cm³/mol. The Morgan fingerprint density at radius 1 is 1.25 bits per heavy atom. The first kappa shape index (κ1) is 14.6. The van der Waals surface area contributed by atoms with Gasteiger partial charge in [0.25, 0.3) is 0 Å². The van der Waals surface area contributed by atoms with E-state index in [0.717, 1.165) is 35.3 Å². The molecule has 0 bridgehead atoms. The summed E-state index contributed by atoms with van der Waals surface area (Å²) in [6.07, 6.45) is 1.16. The molecule has 0 amide bonds. The van der Waals surface area contributed by atoms with Gasteiger partial charge < -0.3 is 10.1 Å². The van der Waals surface area contributed by atoms with E-state index in [2.05, 4.69) is 32.2 Å². The third-order valence-corrected chi connectivity index (χ3v) is 3.34. The van der Waals surface area contributed by atoms with Crippen molar-refractivity contribution in [3.63, 3.8) is 0 Å². The van der Waals surface area contributed by atoms with Crippen LogP contribution in [-0.4, -0.2) is 17.6 Å². The van der Waals surface area contributed by atoms with Crippen LogP contribution in [0.3, 0.4) is 0 Å².